The summed E-state index contributed by atoms with van der Waals surface area (Å²) in [6.07, 6.45) is 18.1. The average molecular weight is 385 g/mol. The van der Waals surface area contributed by atoms with Crippen molar-refractivity contribution >= 4 is 0 Å². The van der Waals surface area contributed by atoms with Crippen LogP contribution < -0.4 is 0 Å². The molecular weight excluding hydrogens is 343 g/mol. The monoisotopic (exact) mass is 384 g/mol. The maximum Gasteiger partial charge on any atom is 0.126 e. The fourth-order valence-corrected chi connectivity index (χ4v) is 6.74. The zero-order valence-corrected chi connectivity index (χ0v) is 18.3. The van der Waals surface area contributed by atoms with Crippen molar-refractivity contribution in [3.8, 4) is 0 Å². The Kier molecular flexibility index (Phi) is 6.79. The lowest BCUT2D eigenvalue weighted by Crippen LogP contribution is -2.30. The summed E-state index contributed by atoms with van der Waals surface area (Å²) in [4.78, 5) is 0. The van der Waals surface area contributed by atoms with E-state index < -0.39 is 0 Å². The molecule has 1 aromatic rings. The molecular formula is C27H41F. The maximum absolute atomic E-state index is 14.2. The molecule has 0 saturated heterocycles. The van der Waals surface area contributed by atoms with Gasteiger partial charge in [0.05, 0.1) is 0 Å². The van der Waals surface area contributed by atoms with E-state index in [2.05, 4.69) is 13.0 Å². The van der Waals surface area contributed by atoms with Crippen LogP contribution in [0, 0.1) is 35.4 Å². The van der Waals surface area contributed by atoms with Crippen molar-refractivity contribution in [2.45, 2.75) is 103 Å². The van der Waals surface area contributed by atoms with Gasteiger partial charge in [-0.05, 0) is 91.2 Å². The number of fused-ring (bicyclic) bond motifs is 1. The highest BCUT2D eigenvalue weighted by molar-refractivity contribution is 5.27. The molecule has 0 N–H and O–H groups in total. The third kappa shape index (κ3) is 4.82. The van der Waals surface area contributed by atoms with Gasteiger partial charge in [0.2, 0.25) is 0 Å². The number of hydrogen-bond acceptors (Lipinski definition) is 0. The molecule has 0 radical (unpaired) electrons. The van der Waals surface area contributed by atoms with Crippen molar-refractivity contribution in [1.29, 1.82) is 0 Å². The standard InChI is InChI=1S/C27H41F/c1-3-22-12-13-26(18-27(22)28)25-15-14-23-16-21(10-11-24(23)17-25)9-8-20-6-4-19(2)5-7-20/h12-13,18-21,23-25H,3-11,14-17H2,1-2H3. The predicted molar refractivity (Wildman–Crippen MR) is 117 cm³/mol. The Balaban J connectivity index is 1.26. The van der Waals surface area contributed by atoms with E-state index in [0.29, 0.717) is 5.92 Å². The lowest BCUT2D eigenvalue weighted by Gasteiger charge is -2.43. The molecule has 0 bridgehead atoms. The predicted octanol–water partition coefficient (Wildman–Crippen LogP) is 8.29. The number of benzene rings is 1. The van der Waals surface area contributed by atoms with E-state index >= 15 is 0 Å². The molecule has 3 aliphatic carbocycles. The van der Waals surface area contributed by atoms with Crippen molar-refractivity contribution in [2.24, 2.45) is 29.6 Å². The van der Waals surface area contributed by atoms with E-state index in [1.165, 1.54) is 82.6 Å². The summed E-state index contributed by atoms with van der Waals surface area (Å²) in [5.41, 5.74) is 2.13. The highest BCUT2D eigenvalue weighted by atomic mass is 19.1. The first-order valence-electron chi connectivity index (χ1n) is 12.4. The van der Waals surface area contributed by atoms with E-state index in [4.69, 9.17) is 0 Å². The van der Waals surface area contributed by atoms with Crippen molar-refractivity contribution in [2.75, 3.05) is 0 Å². The lowest BCUT2D eigenvalue weighted by atomic mass is 9.63. The van der Waals surface area contributed by atoms with Gasteiger partial charge in [-0.3, -0.25) is 0 Å². The second-order valence-corrected chi connectivity index (χ2v) is 10.6. The maximum atomic E-state index is 14.2. The summed E-state index contributed by atoms with van der Waals surface area (Å²) < 4.78 is 14.2. The van der Waals surface area contributed by atoms with Crippen LogP contribution in [0.2, 0.25) is 0 Å². The average Bonchev–Trinajstić information content (AvgIpc) is 2.73. The Bertz CT molecular complexity index is 627. The van der Waals surface area contributed by atoms with E-state index in [-0.39, 0.29) is 5.82 Å². The molecule has 1 heteroatoms. The van der Waals surface area contributed by atoms with Crippen molar-refractivity contribution in [3.63, 3.8) is 0 Å². The van der Waals surface area contributed by atoms with Gasteiger partial charge in [-0.15, -0.1) is 0 Å². The van der Waals surface area contributed by atoms with Crippen molar-refractivity contribution < 1.29 is 4.39 Å². The molecule has 0 heterocycles. The smallest absolute Gasteiger partial charge is 0.126 e. The molecule has 1 aromatic carbocycles. The number of aryl methyl sites for hydroxylation is 1. The largest absolute Gasteiger partial charge is 0.207 e. The summed E-state index contributed by atoms with van der Waals surface area (Å²) in [6.45, 7) is 4.47. The molecule has 3 aliphatic rings. The van der Waals surface area contributed by atoms with Crippen LogP contribution in [-0.4, -0.2) is 0 Å². The van der Waals surface area contributed by atoms with Gasteiger partial charge in [-0.25, -0.2) is 4.39 Å². The van der Waals surface area contributed by atoms with Crippen LogP contribution in [0.15, 0.2) is 18.2 Å². The molecule has 0 aliphatic heterocycles. The summed E-state index contributed by atoms with van der Waals surface area (Å²) in [5, 5.41) is 0. The van der Waals surface area contributed by atoms with E-state index in [1.807, 2.05) is 19.1 Å². The van der Waals surface area contributed by atoms with Crippen LogP contribution in [0.25, 0.3) is 0 Å². The molecule has 156 valence electrons. The summed E-state index contributed by atoms with van der Waals surface area (Å²) in [5.74, 6) is 5.49. The van der Waals surface area contributed by atoms with E-state index in [9.17, 15) is 4.39 Å². The molecule has 3 fully saturated rings. The van der Waals surface area contributed by atoms with Gasteiger partial charge >= 0.3 is 0 Å². The molecule has 28 heavy (non-hydrogen) atoms. The first-order chi connectivity index (χ1) is 13.6. The van der Waals surface area contributed by atoms with Gasteiger partial charge in [0, 0.05) is 0 Å². The third-order valence-corrected chi connectivity index (χ3v) is 8.77. The van der Waals surface area contributed by atoms with Crippen LogP contribution in [0.3, 0.4) is 0 Å². The zero-order valence-electron chi connectivity index (χ0n) is 18.3. The van der Waals surface area contributed by atoms with Crippen molar-refractivity contribution in [1.82, 2.24) is 0 Å². The Labute approximate surface area is 172 Å². The van der Waals surface area contributed by atoms with Crippen LogP contribution in [0.4, 0.5) is 4.39 Å². The van der Waals surface area contributed by atoms with E-state index in [1.54, 1.807) is 0 Å². The van der Waals surface area contributed by atoms with Crippen LogP contribution in [-0.2, 0) is 6.42 Å². The van der Waals surface area contributed by atoms with Crippen LogP contribution in [0.1, 0.15) is 108 Å². The van der Waals surface area contributed by atoms with Crippen LogP contribution in [0.5, 0.6) is 0 Å². The van der Waals surface area contributed by atoms with E-state index in [0.717, 1.165) is 41.6 Å². The number of rotatable bonds is 5. The molecule has 4 unspecified atom stereocenters. The SMILES string of the molecule is CCc1ccc(C2CCC3CC(CCC4CCC(C)CC4)CCC3C2)cc1F. The van der Waals surface area contributed by atoms with Gasteiger partial charge in [-0.2, -0.15) is 0 Å². The lowest BCUT2D eigenvalue weighted by molar-refractivity contribution is 0.109. The molecule has 4 atom stereocenters. The van der Waals surface area contributed by atoms with Gasteiger partial charge in [0.1, 0.15) is 5.82 Å². The van der Waals surface area contributed by atoms with Crippen molar-refractivity contribution in [3.05, 3.63) is 35.1 Å². The normalized spacial score (nSPS) is 36.1. The molecule has 0 aromatic heterocycles. The fourth-order valence-electron chi connectivity index (χ4n) is 6.74. The molecule has 4 rings (SSSR count). The first kappa shape index (κ1) is 20.4. The van der Waals surface area contributed by atoms with Gasteiger partial charge < -0.3 is 0 Å². The first-order valence-corrected chi connectivity index (χ1v) is 12.4. The summed E-state index contributed by atoms with van der Waals surface area (Å²) >= 11 is 0. The summed E-state index contributed by atoms with van der Waals surface area (Å²) in [7, 11) is 0. The fraction of sp³-hybridized carbons (Fsp3) is 0.778. The van der Waals surface area contributed by atoms with Crippen LogP contribution >= 0.6 is 0 Å². The van der Waals surface area contributed by atoms with Gasteiger partial charge in [0.15, 0.2) is 0 Å². The number of halogens is 1. The quantitative estimate of drug-likeness (QED) is 0.479. The summed E-state index contributed by atoms with van der Waals surface area (Å²) in [6, 6.07) is 6.09. The van der Waals surface area contributed by atoms with Gasteiger partial charge in [0.25, 0.3) is 0 Å². The Morgan fingerprint density at radius 1 is 0.821 bits per heavy atom. The second kappa shape index (κ2) is 9.31. The Hall–Kier alpha value is -0.850. The third-order valence-electron chi connectivity index (χ3n) is 8.77. The Morgan fingerprint density at radius 2 is 1.50 bits per heavy atom. The Morgan fingerprint density at radius 3 is 2.25 bits per heavy atom. The highest BCUT2D eigenvalue weighted by Gasteiger charge is 2.36. The zero-order chi connectivity index (χ0) is 19.5. The topological polar surface area (TPSA) is 0 Å². The minimum Gasteiger partial charge on any atom is -0.207 e. The molecule has 0 nitrogen and oxygen atoms in total. The minimum atomic E-state index is 0.0166. The highest BCUT2D eigenvalue weighted by Crippen LogP contribution is 2.49. The second-order valence-electron chi connectivity index (χ2n) is 10.6. The molecule has 0 amide bonds. The molecule has 0 spiro atoms. The number of hydrogen-bond donors (Lipinski definition) is 0. The minimum absolute atomic E-state index is 0.0166. The molecule has 3 saturated carbocycles. The van der Waals surface area contributed by atoms with Gasteiger partial charge in [-0.1, -0.05) is 70.9 Å².